The van der Waals surface area contributed by atoms with Crippen molar-refractivity contribution in [2.75, 3.05) is 26.4 Å². The van der Waals surface area contributed by atoms with E-state index >= 15 is 0 Å². The fourth-order valence-electron chi connectivity index (χ4n) is 6.07. The summed E-state index contributed by atoms with van der Waals surface area (Å²) in [5.41, 5.74) is 5.16. The summed E-state index contributed by atoms with van der Waals surface area (Å²) in [6.45, 7) is 5.37. The summed E-state index contributed by atoms with van der Waals surface area (Å²) in [6, 6.07) is 10.5. The second-order valence-electron chi connectivity index (χ2n) is 9.65. The molecular weight excluding hydrogens is 391 g/mol. The molecule has 2 atom stereocenters. The standard InChI is InChI=1S/C26H33FN2O2/c1-19-3-2-4-22-21(19)6-7-23(22)28-13-9-25(24-8-5-20(27)17-29-24)10-16-31-26(18-25)11-14-30-15-12-26/h2-5,8,17,23,28H,6-7,9-16,18H2,1H3/t23-,25?/m0/s1. The number of fused-ring (bicyclic) bond motifs is 1. The third kappa shape index (κ3) is 4.15. The molecule has 1 aromatic carbocycles. The maximum Gasteiger partial charge on any atom is 0.141 e. The summed E-state index contributed by atoms with van der Waals surface area (Å²) in [4.78, 5) is 4.56. The second-order valence-corrected chi connectivity index (χ2v) is 9.65. The van der Waals surface area contributed by atoms with Crippen LogP contribution in [0.4, 0.5) is 4.39 Å². The van der Waals surface area contributed by atoms with Crippen molar-refractivity contribution in [3.8, 4) is 0 Å². The summed E-state index contributed by atoms with van der Waals surface area (Å²) >= 11 is 0. The molecule has 5 rings (SSSR count). The quantitative estimate of drug-likeness (QED) is 0.749. The van der Waals surface area contributed by atoms with E-state index < -0.39 is 0 Å². The van der Waals surface area contributed by atoms with Crippen molar-refractivity contribution in [2.45, 2.75) is 68.9 Å². The van der Waals surface area contributed by atoms with E-state index in [4.69, 9.17) is 9.47 Å². The van der Waals surface area contributed by atoms with Gasteiger partial charge in [-0.2, -0.15) is 0 Å². The minimum absolute atomic E-state index is 0.0929. The molecule has 0 radical (unpaired) electrons. The Balaban J connectivity index is 1.35. The van der Waals surface area contributed by atoms with E-state index in [0.29, 0.717) is 6.04 Å². The van der Waals surface area contributed by atoms with Crippen LogP contribution in [0, 0.1) is 12.7 Å². The highest BCUT2D eigenvalue weighted by atomic mass is 19.1. The molecule has 1 aliphatic carbocycles. The Morgan fingerprint density at radius 3 is 2.81 bits per heavy atom. The molecule has 2 aromatic rings. The number of halogens is 1. The van der Waals surface area contributed by atoms with Gasteiger partial charge in [-0.1, -0.05) is 18.2 Å². The fraction of sp³-hybridized carbons (Fsp3) is 0.577. The average molecular weight is 425 g/mol. The van der Waals surface area contributed by atoms with Crippen molar-refractivity contribution >= 4 is 0 Å². The van der Waals surface area contributed by atoms with Gasteiger partial charge in [0.1, 0.15) is 5.82 Å². The predicted molar refractivity (Wildman–Crippen MR) is 119 cm³/mol. The van der Waals surface area contributed by atoms with Crippen LogP contribution < -0.4 is 5.32 Å². The average Bonchev–Trinajstić information content (AvgIpc) is 3.19. The topological polar surface area (TPSA) is 43.4 Å². The van der Waals surface area contributed by atoms with Crippen LogP contribution in [0.15, 0.2) is 36.5 Å². The Kier molecular flexibility index (Phi) is 5.84. The maximum atomic E-state index is 13.6. The molecule has 0 bridgehead atoms. The van der Waals surface area contributed by atoms with Crippen LogP contribution in [-0.4, -0.2) is 37.0 Å². The van der Waals surface area contributed by atoms with Crippen LogP contribution >= 0.6 is 0 Å². The van der Waals surface area contributed by atoms with Crippen molar-refractivity contribution in [3.63, 3.8) is 0 Å². The molecule has 1 spiro atoms. The van der Waals surface area contributed by atoms with Crippen molar-refractivity contribution in [1.29, 1.82) is 0 Å². The number of nitrogens with zero attached hydrogens (tertiary/aromatic N) is 1. The highest BCUT2D eigenvalue weighted by Gasteiger charge is 2.48. The highest BCUT2D eigenvalue weighted by molar-refractivity contribution is 5.40. The first-order chi connectivity index (χ1) is 15.1. The molecule has 1 aromatic heterocycles. The highest BCUT2D eigenvalue weighted by Crippen LogP contribution is 2.47. The van der Waals surface area contributed by atoms with Gasteiger partial charge in [0, 0.05) is 37.0 Å². The monoisotopic (exact) mass is 424 g/mol. The number of pyridine rings is 1. The fourth-order valence-corrected chi connectivity index (χ4v) is 6.07. The van der Waals surface area contributed by atoms with Gasteiger partial charge in [0.05, 0.1) is 11.8 Å². The number of benzene rings is 1. The van der Waals surface area contributed by atoms with Gasteiger partial charge in [0.2, 0.25) is 0 Å². The Morgan fingerprint density at radius 1 is 1.13 bits per heavy atom. The lowest BCUT2D eigenvalue weighted by Crippen LogP contribution is -2.51. The largest absolute Gasteiger partial charge is 0.381 e. The van der Waals surface area contributed by atoms with E-state index in [1.807, 2.05) is 6.07 Å². The molecule has 1 N–H and O–H groups in total. The van der Waals surface area contributed by atoms with Crippen LogP contribution in [0.2, 0.25) is 0 Å². The third-order valence-electron chi connectivity index (χ3n) is 7.82. The minimum atomic E-state index is -0.275. The summed E-state index contributed by atoms with van der Waals surface area (Å²) in [7, 11) is 0. The van der Waals surface area contributed by atoms with Gasteiger partial charge in [-0.15, -0.1) is 0 Å². The number of hydrogen-bond donors (Lipinski definition) is 1. The molecule has 0 amide bonds. The molecule has 0 saturated carbocycles. The van der Waals surface area contributed by atoms with Gasteiger partial charge < -0.3 is 14.8 Å². The summed E-state index contributed by atoms with van der Waals surface area (Å²) in [5, 5.41) is 3.84. The van der Waals surface area contributed by atoms with Crippen LogP contribution in [-0.2, 0) is 21.3 Å². The molecular formula is C26H33FN2O2. The second kappa shape index (κ2) is 8.61. The van der Waals surface area contributed by atoms with E-state index in [1.54, 1.807) is 6.07 Å². The normalized spacial score (nSPS) is 27.4. The molecule has 2 fully saturated rings. The zero-order valence-corrected chi connectivity index (χ0v) is 18.5. The van der Waals surface area contributed by atoms with Gasteiger partial charge in [0.15, 0.2) is 0 Å². The minimum Gasteiger partial charge on any atom is -0.381 e. The number of rotatable bonds is 5. The first kappa shape index (κ1) is 21.0. The number of aromatic nitrogens is 1. The van der Waals surface area contributed by atoms with Crippen molar-refractivity contribution in [3.05, 3.63) is 64.7 Å². The van der Waals surface area contributed by atoms with Gasteiger partial charge in [-0.25, -0.2) is 4.39 Å². The molecule has 1 unspecified atom stereocenters. The van der Waals surface area contributed by atoms with Gasteiger partial charge in [-0.3, -0.25) is 4.98 Å². The molecule has 166 valence electrons. The van der Waals surface area contributed by atoms with Crippen LogP contribution in [0.3, 0.4) is 0 Å². The van der Waals surface area contributed by atoms with Crippen LogP contribution in [0.5, 0.6) is 0 Å². The Bertz CT molecular complexity index is 905. The number of ether oxygens (including phenoxy) is 2. The number of nitrogens with one attached hydrogen (secondary N) is 1. The van der Waals surface area contributed by atoms with Crippen molar-refractivity contribution in [1.82, 2.24) is 10.3 Å². The van der Waals surface area contributed by atoms with Gasteiger partial charge >= 0.3 is 0 Å². The molecule has 3 heterocycles. The summed E-state index contributed by atoms with van der Waals surface area (Å²) in [5.74, 6) is -0.275. The summed E-state index contributed by atoms with van der Waals surface area (Å²) in [6.07, 6.45) is 8.38. The Morgan fingerprint density at radius 2 is 2.00 bits per heavy atom. The summed E-state index contributed by atoms with van der Waals surface area (Å²) < 4.78 is 25.6. The predicted octanol–water partition coefficient (Wildman–Crippen LogP) is 4.79. The Hall–Kier alpha value is -1.82. The zero-order chi connectivity index (χ0) is 21.3. The van der Waals surface area contributed by atoms with E-state index in [1.165, 1.54) is 22.9 Å². The number of aryl methyl sites for hydroxylation is 1. The first-order valence-corrected chi connectivity index (χ1v) is 11.7. The SMILES string of the molecule is Cc1cccc2c1CC[C@@H]2NCCC1(c2ccc(F)cn2)CCOC2(CCOCC2)C1. The first-order valence-electron chi connectivity index (χ1n) is 11.7. The lowest BCUT2D eigenvalue weighted by molar-refractivity contribution is -0.154. The molecule has 3 aliphatic rings. The van der Waals surface area contributed by atoms with Crippen molar-refractivity contribution < 1.29 is 13.9 Å². The van der Waals surface area contributed by atoms with Crippen LogP contribution in [0.25, 0.3) is 0 Å². The van der Waals surface area contributed by atoms with Crippen LogP contribution in [0.1, 0.15) is 67.0 Å². The van der Waals surface area contributed by atoms with E-state index in [0.717, 1.165) is 77.0 Å². The van der Waals surface area contributed by atoms with E-state index in [-0.39, 0.29) is 16.8 Å². The van der Waals surface area contributed by atoms with Crippen molar-refractivity contribution in [2.24, 2.45) is 0 Å². The molecule has 4 nitrogen and oxygen atoms in total. The van der Waals surface area contributed by atoms with Gasteiger partial charge in [-0.05, 0) is 87.2 Å². The Labute approximate surface area is 184 Å². The number of hydrogen-bond acceptors (Lipinski definition) is 4. The van der Waals surface area contributed by atoms with E-state index in [2.05, 4.69) is 35.4 Å². The third-order valence-corrected chi connectivity index (χ3v) is 7.82. The lowest BCUT2D eigenvalue weighted by atomic mass is 9.66. The maximum absolute atomic E-state index is 13.6. The zero-order valence-electron chi connectivity index (χ0n) is 18.5. The molecule has 31 heavy (non-hydrogen) atoms. The smallest absolute Gasteiger partial charge is 0.141 e. The molecule has 2 saturated heterocycles. The van der Waals surface area contributed by atoms with E-state index in [9.17, 15) is 4.39 Å². The lowest BCUT2D eigenvalue weighted by Gasteiger charge is -2.49. The molecule has 5 heteroatoms. The van der Waals surface area contributed by atoms with Gasteiger partial charge in [0.25, 0.3) is 0 Å². The molecule has 2 aliphatic heterocycles.